The molecule has 0 bridgehead atoms. The van der Waals surface area contributed by atoms with Gasteiger partial charge in [0.15, 0.2) is 5.13 Å². The zero-order valence-corrected chi connectivity index (χ0v) is 14.6. The molecule has 4 rings (SSSR count). The number of hydrogen-bond donors (Lipinski definition) is 1. The van der Waals surface area contributed by atoms with Crippen LogP contribution in [-0.2, 0) is 0 Å². The molecule has 0 atom stereocenters. The Balaban J connectivity index is 1.66. The van der Waals surface area contributed by atoms with Crippen LogP contribution < -0.4 is 5.32 Å². The fourth-order valence-corrected chi connectivity index (χ4v) is 4.58. The second-order valence-corrected chi connectivity index (χ2v) is 7.49. The average Bonchev–Trinajstić information content (AvgIpc) is 3.15. The van der Waals surface area contributed by atoms with Crippen molar-refractivity contribution in [2.45, 2.75) is 13.8 Å². The molecule has 0 aliphatic rings. The Morgan fingerprint density at radius 1 is 0.957 bits per heavy atom. The molecule has 4 heteroatoms. The van der Waals surface area contributed by atoms with E-state index < -0.39 is 0 Å². The minimum atomic E-state index is 0.931. The molecule has 0 aliphatic heterocycles. The van der Waals surface area contributed by atoms with Crippen LogP contribution in [0.3, 0.4) is 0 Å². The zero-order chi connectivity index (χ0) is 15.8. The Hall–Kier alpha value is -2.17. The first-order valence-electron chi connectivity index (χ1n) is 7.48. The highest BCUT2D eigenvalue weighted by Crippen LogP contribution is 2.39. The molecule has 0 saturated heterocycles. The van der Waals surface area contributed by atoms with Crippen molar-refractivity contribution < 1.29 is 0 Å². The van der Waals surface area contributed by atoms with Crippen molar-refractivity contribution in [3.63, 3.8) is 0 Å². The van der Waals surface area contributed by atoms with E-state index in [2.05, 4.69) is 73.1 Å². The third kappa shape index (κ3) is 2.76. The summed E-state index contributed by atoms with van der Waals surface area (Å²) in [5, 5.41) is 7.78. The van der Waals surface area contributed by atoms with Crippen LogP contribution in [0.15, 0.2) is 53.9 Å². The summed E-state index contributed by atoms with van der Waals surface area (Å²) in [6.45, 7) is 4.27. The van der Waals surface area contributed by atoms with E-state index in [4.69, 9.17) is 4.98 Å². The van der Waals surface area contributed by atoms with Gasteiger partial charge in [0.2, 0.25) is 0 Å². The van der Waals surface area contributed by atoms with E-state index in [0.717, 1.165) is 16.5 Å². The van der Waals surface area contributed by atoms with E-state index in [-0.39, 0.29) is 0 Å². The number of aryl methyl sites for hydroxylation is 2. The lowest BCUT2D eigenvalue weighted by Crippen LogP contribution is -1.89. The van der Waals surface area contributed by atoms with Gasteiger partial charge >= 0.3 is 0 Å². The van der Waals surface area contributed by atoms with Crippen LogP contribution in [-0.4, -0.2) is 4.98 Å². The standard InChI is InChI=1S/C19H16N2S2/c1-12-7-9-14(10-8-12)20-19-21-16(11-22-19)18-13(2)15-5-3-4-6-17(15)23-18/h3-11H,1-2H3,(H,20,21). The van der Waals surface area contributed by atoms with Crippen LogP contribution in [0.5, 0.6) is 0 Å². The van der Waals surface area contributed by atoms with Crippen LogP contribution in [0.1, 0.15) is 11.1 Å². The Morgan fingerprint density at radius 2 is 1.74 bits per heavy atom. The normalized spacial score (nSPS) is 11.0. The fraction of sp³-hybridized carbons (Fsp3) is 0.105. The van der Waals surface area contributed by atoms with E-state index in [1.807, 2.05) is 11.3 Å². The van der Waals surface area contributed by atoms with E-state index in [1.54, 1.807) is 11.3 Å². The van der Waals surface area contributed by atoms with Crippen molar-refractivity contribution >= 4 is 43.6 Å². The SMILES string of the molecule is Cc1ccc(Nc2nc(-c3sc4ccccc4c3C)cs2)cc1. The lowest BCUT2D eigenvalue weighted by molar-refractivity contribution is 1.38. The van der Waals surface area contributed by atoms with Gasteiger partial charge in [0.1, 0.15) is 0 Å². The molecule has 0 saturated carbocycles. The summed E-state index contributed by atoms with van der Waals surface area (Å²) in [7, 11) is 0. The summed E-state index contributed by atoms with van der Waals surface area (Å²) >= 11 is 3.46. The monoisotopic (exact) mass is 336 g/mol. The van der Waals surface area contributed by atoms with Crippen LogP contribution in [0.25, 0.3) is 20.7 Å². The molecule has 0 fully saturated rings. The fourth-order valence-electron chi connectivity index (χ4n) is 2.61. The number of aromatic nitrogens is 1. The number of thiophene rings is 1. The molecule has 0 unspecified atom stereocenters. The molecule has 2 aromatic carbocycles. The van der Waals surface area contributed by atoms with Crippen LogP contribution in [0.4, 0.5) is 10.8 Å². The predicted octanol–water partition coefficient (Wildman–Crippen LogP) is 6.39. The lowest BCUT2D eigenvalue weighted by atomic mass is 10.1. The summed E-state index contributed by atoms with van der Waals surface area (Å²) in [5.74, 6) is 0. The van der Waals surface area contributed by atoms with Gasteiger partial charge in [0.25, 0.3) is 0 Å². The topological polar surface area (TPSA) is 24.9 Å². The van der Waals surface area contributed by atoms with Crippen molar-refractivity contribution in [3.05, 3.63) is 65.0 Å². The second-order valence-electron chi connectivity index (χ2n) is 5.58. The van der Waals surface area contributed by atoms with Crippen molar-refractivity contribution in [1.82, 2.24) is 4.98 Å². The third-order valence-electron chi connectivity index (χ3n) is 3.88. The molecule has 0 radical (unpaired) electrons. The van der Waals surface area contributed by atoms with E-state index in [9.17, 15) is 0 Å². The smallest absolute Gasteiger partial charge is 0.187 e. The molecule has 0 aliphatic carbocycles. The highest BCUT2D eigenvalue weighted by Gasteiger charge is 2.13. The first-order valence-corrected chi connectivity index (χ1v) is 9.18. The first kappa shape index (κ1) is 14.4. The molecule has 2 nitrogen and oxygen atoms in total. The van der Waals surface area contributed by atoms with Gasteiger partial charge < -0.3 is 5.32 Å². The Labute approximate surface area is 143 Å². The van der Waals surface area contributed by atoms with Crippen molar-refractivity contribution in [2.24, 2.45) is 0 Å². The van der Waals surface area contributed by atoms with Gasteiger partial charge in [0.05, 0.1) is 10.6 Å². The molecule has 2 heterocycles. The maximum Gasteiger partial charge on any atom is 0.187 e. The van der Waals surface area contributed by atoms with Crippen LogP contribution in [0.2, 0.25) is 0 Å². The molecule has 2 aromatic heterocycles. The average molecular weight is 336 g/mol. The summed E-state index contributed by atoms with van der Waals surface area (Å²) < 4.78 is 1.32. The van der Waals surface area contributed by atoms with E-state index >= 15 is 0 Å². The van der Waals surface area contributed by atoms with Gasteiger partial charge in [-0.1, -0.05) is 35.9 Å². The van der Waals surface area contributed by atoms with Gasteiger partial charge in [-0.05, 0) is 43.0 Å². The highest BCUT2D eigenvalue weighted by molar-refractivity contribution is 7.23. The molecule has 0 amide bonds. The highest BCUT2D eigenvalue weighted by atomic mass is 32.1. The molecule has 23 heavy (non-hydrogen) atoms. The summed E-state index contributed by atoms with van der Waals surface area (Å²) in [6, 6.07) is 16.9. The van der Waals surface area contributed by atoms with Crippen LogP contribution in [0, 0.1) is 13.8 Å². The number of nitrogens with one attached hydrogen (secondary N) is 1. The van der Waals surface area contributed by atoms with Crippen molar-refractivity contribution in [1.29, 1.82) is 0 Å². The van der Waals surface area contributed by atoms with Gasteiger partial charge in [0, 0.05) is 15.8 Å². The maximum absolute atomic E-state index is 4.77. The van der Waals surface area contributed by atoms with E-state index in [0.29, 0.717) is 0 Å². The molecule has 114 valence electrons. The van der Waals surface area contributed by atoms with Crippen molar-refractivity contribution in [2.75, 3.05) is 5.32 Å². The number of anilines is 2. The summed E-state index contributed by atoms with van der Waals surface area (Å²) in [4.78, 5) is 6.04. The molecular formula is C19H16N2S2. The Bertz CT molecular complexity index is 965. The first-order chi connectivity index (χ1) is 11.2. The Morgan fingerprint density at radius 3 is 2.52 bits per heavy atom. The quantitative estimate of drug-likeness (QED) is 0.469. The largest absolute Gasteiger partial charge is 0.332 e. The van der Waals surface area contributed by atoms with Gasteiger partial charge in [-0.2, -0.15) is 0 Å². The number of fused-ring (bicyclic) bond motifs is 1. The predicted molar refractivity (Wildman–Crippen MR) is 102 cm³/mol. The third-order valence-corrected chi connectivity index (χ3v) is 5.94. The summed E-state index contributed by atoms with van der Waals surface area (Å²) in [5.41, 5.74) is 4.71. The Kier molecular flexibility index (Phi) is 3.63. The maximum atomic E-state index is 4.77. The zero-order valence-electron chi connectivity index (χ0n) is 13.0. The van der Waals surface area contributed by atoms with Gasteiger partial charge in [-0.25, -0.2) is 4.98 Å². The van der Waals surface area contributed by atoms with Gasteiger partial charge in [-0.15, -0.1) is 22.7 Å². The number of thiazole rings is 1. The lowest BCUT2D eigenvalue weighted by Gasteiger charge is -2.02. The number of rotatable bonds is 3. The van der Waals surface area contributed by atoms with Crippen LogP contribution >= 0.6 is 22.7 Å². The van der Waals surface area contributed by atoms with Gasteiger partial charge in [-0.3, -0.25) is 0 Å². The van der Waals surface area contributed by atoms with Crippen molar-refractivity contribution in [3.8, 4) is 10.6 Å². The van der Waals surface area contributed by atoms with E-state index in [1.165, 1.54) is 26.1 Å². The summed E-state index contributed by atoms with van der Waals surface area (Å²) in [6.07, 6.45) is 0. The minimum absolute atomic E-state index is 0.931. The molecule has 1 N–H and O–H groups in total. The number of nitrogens with zero attached hydrogens (tertiary/aromatic N) is 1. The number of hydrogen-bond acceptors (Lipinski definition) is 4. The minimum Gasteiger partial charge on any atom is -0.332 e. The number of benzene rings is 2. The molecular weight excluding hydrogens is 320 g/mol. The second kappa shape index (κ2) is 5.80. The molecule has 4 aromatic rings. The molecule has 0 spiro atoms.